The Balaban J connectivity index is 1.33. The number of ether oxygens (including phenoxy) is 1. The molecule has 218 valence electrons. The lowest BCUT2D eigenvalue weighted by Gasteiger charge is -2.37. The van der Waals surface area contributed by atoms with E-state index in [0.29, 0.717) is 30.0 Å². The number of thiazole rings is 1. The zero-order valence-corrected chi connectivity index (χ0v) is 23.7. The van der Waals surface area contributed by atoms with Crippen molar-refractivity contribution in [3.63, 3.8) is 0 Å². The van der Waals surface area contributed by atoms with Crippen molar-refractivity contribution in [3.05, 3.63) is 53.6 Å². The number of aryl methyl sites for hydroxylation is 1. The van der Waals surface area contributed by atoms with Gasteiger partial charge in [0.25, 0.3) is 5.91 Å². The third-order valence-corrected chi connectivity index (χ3v) is 7.89. The normalized spacial score (nSPS) is 14.7. The monoisotopic (exact) mass is 597 g/mol. The predicted octanol–water partition coefficient (Wildman–Crippen LogP) is 4.48. The van der Waals surface area contributed by atoms with Gasteiger partial charge in [0.2, 0.25) is 0 Å². The maximum Gasteiger partial charge on any atom is 0.490 e. The predicted molar refractivity (Wildman–Crippen MR) is 149 cm³/mol. The molecule has 1 atom stereocenters. The molecule has 0 unspecified atom stereocenters. The molecule has 0 N–H and O–H groups in total. The van der Waals surface area contributed by atoms with Crippen LogP contribution in [0.25, 0.3) is 27.1 Å². The molecule has 14 heteroatoms. The van der Waals surface area contributed by atoms with E-state index in [2.05, 4.69) is 25.9 Å². The van der Waals surface area contributed by atoms with Crippen LogP contribution in [0.3, 0.4) is 0 Å². The number of halogens is 3. The van der Waals surface area contributed by atoms with Gasteiger partial charge in [0.1, 0.15) is 11.9 Å². The Morgan fingerprint density at radius 1 is 1.07 bits per heavy atom. The molecule has 4 aromatic heterocycles. The molecule has 1 fully saturated rings. The molecular formula is C28H26F3N7O3S. The first-order chi connectivity index (χ1) is 20.0. The third-order valence-electron chi connectivity index (χ3n) is 6.93. The highest BCUT2D eigenvalue weighted by Gasteiger charge is 2.44. The third kappa shape index (κ3) is 5.78. The summed E-state index contributed by atoms with van der Waals surface area (Å²) in [5.74, 6) is -2.99. The number of rotatable bonds is 6. The van der Waals surface area contributed by atoms with E-state index >= 15 is 0 Å². The van der Waals surface area contributed by atoms with Gasteiger partial charge < -0.3 is 14.5 Å². The Hall–Kier alpha value is -4.51. The molecule has 1 aliphatic heterocycles. The Morgan fingerprint density at radius 3 is 2.38 bits per heavy atom. The number of carbonyl (C=O) groups is 2. The number of alkyl halides is 3. The summed E-state index contributed by atoms with van der Waals surface area (Å²) in [7, 11) is 0. The zero-order valence-electron chi connectivity index (χ0n) is 22.9. The topological polar surface area (TPSA) is 117 Å². The molecular weight excluding hydrogens is 571 g/mol. The van der Waals surface area contributed by atoms with Crippen molar-refractivity contribution >= 4 is 34.5 Å². The number of hydrogen-bond acceptors (Lipinski definition) is 9. The summed E-state index contributed by atoms with van der Waals surface area (Å²) in [6.07, 6.45) is 0.204. The molecule has 0 aliphatic carbocycles. The molecule has 5 heterocycles. The highest BCUT2D eigenvalue weighted by Crippen LogP contribution is 2.34. The highest BCUT2D eigenvalue weighted by atomic mass is 32.1. The van der Waals surface area contributed by atoms with Crippen molar-refractivity contribution in [2.75, 3.05) is 31.1 Å². The Labute approximate surface area is 243 Å². The van der Waals surface area contributed by atoms with Crippen molar-refractivity contribution in [3.8, 4) is 27.6 Å². The minimum Gasteiger partial charge on any atom is -0.445 e. The average molecular weight is 598 g/mol. The number of pyridine rings is 2. The quantitative estimate of drug-likeness (QED) is 0.299. The number of piperazine rings is 1. The van der Waals surface area contributed by atoms with Gasteiger partial charge in [-0.15, -0.1) is 11.3 Å². The fourth-order valence-corrected chi connectivity index (χ4v) is 5.53. The summed E-state index contributed by atoms with van der Waals surface area (Å²) < 4.78 is 44.4. The molecule has 0 spiro atoms. The zero-order chi connectivity index (χ0) is 30.2. The van der Waals surface area contributed by atoms with E-state index in [1.807, 2.05) is 36.2 Å². The lowest BCUT2D eigenvalue weighted by atomic mass is 10.0. The van der Waals surface area contributed by atoms with E-state index in [1.165, 1.54) is 24.9 Å². The van der Waals surface area contributed by atoms with Crippen molar-refractivity contribution < 1.29 is 27.5 Å². The van der Waals surface area contributed by atoms with Gasteiger partial charge in [-0.2, -0.15) is 23.5 Å². The molecule has 0 saturated carbocycles. The number of nitrogens with zero attached hydrogens (tertiary/aromatic N) is 7. The molecule has 42 heavy (non-hydrogen) atoms. The highest BCUT2D eigenvalue weighted by molar-refractivity contribution is 7.15. The number of aromatic nitrogens is 4. The van der Waals surface area contributed by atoms with E-state index in [-0.39, 0.29) is 13.1 Å². The summed E-state index contributed by atoms with van der Waals surface area (Å²) >= 11 is 1.55. The number of carbonyl (C=O) groups excluding carboxylic acids is 2. The molecule has 5 rings (SSSR count). The second-order valence-electron chi connectivity index (χ2n) is 10.1. The Bertz CT molecular complexity index is 1670. The largest absolute Gasteiger partial charge is 0.490 e. The van der Waals surface area contributed by atoms with Crippen LogP contribution in [0.4, 0.5) is 19.0 Å². The maximum absolute atomic E-state index is 12.9. The molecule has 0 radical (unpaired) electrons. The summed E-state index contributed by atoms with van der Waals surface area (Å²) in [6, 6.07) is 7.93. The second-order valence-corrected chi connectivity index (χ2v) is 11.4. The number of hydrogen-bond donors (Lipinski definition) is 0. The lowest BCUT2D eigenvalue weighted by Crippen LogP contribution is -2.53. The van der Waals surface area contributed by atoms with Gasteiger partial charge in [0, 0.05) is 61.5 Å². The minimum absolute atomic E-state index is 0.230. The van der Waals surface area contributed by atoms with E-state index in [4.69, 9.17) is 0 Å². The van der Waals surface area contributed by atoms with Crippen LogP contribution in [0.15, 0.2) is 43.0 Å². The SMILES string of the molecule is Cc1ncc(-c2cc(-c3ccc(N4CCN(C(=O)[C@H](OC(=O)C(F)(F)F)C(C)C)CC4)nc3)c3c(C#N)cnn3c2)s1. The molecule has 0 bridgehead atoms. The van der Waals surface area contributed by atoms with Crippen LogP contribution in [0.5, 0.6) is 0 Å². The first-order valence-corrected chi connectivity index (χ1v) is 13.9. The van der Waals surface area contributed by atoms with Crippen LogP contribution >= 0.6 is 11.3 Å². The van der Waals surface area contributed by atoms with Crippen molar-refractivity contribution in [2.24, 2.45) is 5.92 Å². The standard InChI is InChI=1S/C28H26F3N7O3S/c1-16(2)25(41-27(40)28(29,30)31)26(39)37-8-6-36(7-9-37)23-5-4-18(12-34-23)21-10-19(22-14-33-17(3)42-22)15-38-24(21)20(11-32)13-35-38/h4-5,10,12-16,25H,6-9H2,1-3H3/t25-/m1/s1. The Kier molecular flexibility index (Phi) is 7.87. The molecule has 1 amide bonds. The first kappa shape index (κ1) is 29.0. The Morgan fingerprint density at radius 2 is 1.81 bits per heavy atom. The van der Waals surface area contributed by atoms with E-state index < -0.39 is 30.1 Å². The smallest absolute Gasteiger partial charge is 0.445 e. The maximum atomic E-state index is 12.9. The number of esters is 1. The summed E-state index contributed by atoms with van der Waals surface area (Å²) in [6.45, 7) is 6.22. The van der Waals surface area contributed by atoms with Gasteiger partial charge in [-0.25, -0.2) is 19.3 Å². The molecule has 0 aromatic carbocycles. The molecule has 4 aromatic rings. The van der Waals surface area contributed by atoms with Gasteiger partial charge in [-0.05, 0) is 31.0 Å². The van der Waals surface area contributed by atoms with Crippen molar-refractivity contribution in [1.82, 2.24) is 24.5 Å². The fraction of sp³-hybridized carbons (Fsp3) is 0.357. The van der Waals surface area contributed by atoms with Gasteiger partial charge in [0.05, 0.1) is 27.2 Å². The van der Waals surface area contributed by atoms with Gasteiger partial charge in [-0.1, -0.05) is 13.8 Å². The number of nitriles is 1. The van der Waals surface area contributed by atoms with Crippen LogP contribution in [0, 0.1) is 24.2 Å². The van der Waals surface area contributed by atoms with E-state index in [9.17, 15) is 28.0 Å². The lowest BCUT2D eigenvalue weighted by molar-refractivity contribution is -0.208. The molecule has 1 aliphatic rings. The first-order valence-electron chi connectivity index (χ1n) is 13.1. The van der Waals surface area contributed by atoms with Crippen LogP contribution < -0.4 is 4.90 Å². The van der Waals surface area contributed by atoms with E-state index in [1.54, 1.807) is 28.2 Å². The van der Waals surface area contributed by atoms with E-state index in [0.717, 1.165) is 26.6 Å². The van der Waals surface area contributed by atoms with Gasteiger partial charge in [0.15, 0.2) is 6.10 Å². The molecule has 10 nitrogen and oxygen atoms in total. The van der Waals surface area contributed by atoms with Crippen LogP contribution in [-0.4, -0.2) is 74.8 Å². The minimum atomic E-state index is -5.18. The number of amides is 1. The van der Waals surface area contributed by atoms with Gasteiger partial charge in [-0.3, -0.25) is 4.79 Å². The summed E-state index contributed by atoms with van der Waals surface area (Å²) in [5, 5.41) is 15.0. The molecule has 1 saturated heterocycles. The van der Waals surface area contributed by atoms with Gasteiger partial charge >= 0.3 is 12.1 Å². The average Bonchev–Trinajstić information content (AvgIpc) is 3.60. The number of fused-ring (bicyclic) bond motifs is 1. The van der Waals surface area contributed by atoms with Crippen LogP contribution in [0.1, 0.15) is 24.4 Å². The van der Waals surface area contributed by atoms with Crippen molar-refractivity contribution in [1.29, 1.82) is 5.26 Å². The van der Waals surface area contributed by atoms with Crippen LogP contribution in [0.2, 0.25) is 0 Å². The second kappa shape index (κ2) is 11.4. The summed E-state index contributed by atoms with van der Waals surface area (Å²) in [4.78, 5) is 37.6. The van der Waals surface area contributed by atoms with Crippen molar-refractivity contribution in [2.45, 2.75) is 33.1 Å². The fourth-order valence-electron chi connectivity index (χ4n) is 4.78. The number of anilines is 1. The van der Waals surface area contributed by atoms with Crippen LogP contribution in [-0.2, 0) is 14.3 Å². The summed E-state index contributed by atoms with van der Waals surface area (Å²) in [5.41, 5.74) is 3.57.